The molecule has 5 nitrogen and oxygen atoms in total. The molecule has 5 heteroatoms. The zero-order valence-electron chi connectivity index (χ0n) is 22.6. The molecule has 5 rings (SSSR count). The van der Waals surface area contributed by atoms with E-state index in [1.807, 2.05) is 13.8 Å². The second-order valence-electron chi connectivity index (χ2n) is 14.4. The molecule has 0 aromatic heterocycles. The number of aliphatic hydroxyl groups is 2. The zero-order chi connectivity index (χ0) is 25.8. The number of carboxylic acids is 1. The predicted octanol–water partition coefficient (Wildman–Crippen LogP) is 5.39. The lowest BCUT2D eigenvalue weighted by atomic mass is 9.33. The molecule has 0 spiro atoms. The van der Waals surface area contributed by atoms with Gasteiger partial charge in [-0.3, -0.25) is 9.59 Å². The molecule has 0 saturated heterocycles. The largest absolute Gasteiger partial charge is 0.481 e. The summed E-state index contributed by atoms with van der Waals surface area (Å²) in [5.41, 5.74) is -1.70. The monoisotopic (exact) mass is 486 g/mol. The average molecular weight is 487 g/mol. The Morgan fingerprint density at radius 2 is 1.69 bits per heavy atom. The molecule has 4 saturated carbocycles. The number of fused-ring (bicyclic) bond motifs is 7. The first-order valence-corrected chi connectivity index (χ1v) is 14.0. The molecule has 0 amide bonds. The molecule has 0 aromatic carbocycles. The second kappa shape index (κ2) is 7.43. The molecule has 0 bridgehead atoms. The summed E-state index contributed by atoms with van der Waals surface area (Å²) in [5.74, 6) is -0.321. The van der Waals surface area contributed by atoms with Gasteiger partial charge in [-0.05, 0) is 92.3 Å². The molecule has 10 unspecified atom stereocenters. The summed E-state index contributed by atoms with van der Waals surface area (Å²) in [6.45, 7) is 13.0. The van der Waals surface area contributed by atoms with Crippen LogP contribution in [0.1, 0.15) is 99.3 Å². The molecule has 3 N–H and O–H groups in total. The normalized spacial score (nSPS) is 55.7. The molecule has 196 valence electrons. The number of rotatable bonds is 2. The van der Waals surface area contributed by atoms with Gasteiger partial charge in [0.2, 0.25) is 0 Å². The average Bonchev–Trinajstić information content (AvgIpc) is 2.79. The van der Waals surface area contributed by atoms with E-state index in [0.29, 0.717) is 25.2 Å². The van der Waals surface area contributed by atoms with E-state index in [2.05, 4.69) is 33.8 Å². The van der Waals surface area contributed by atoms with Crippen molar-refractivity contribution in [2.45, 2.75) is 105 Å². The number of aliphatic hydroxyl groups excluding tert-OH is 1. The van der Waals surface area contributed by atoms with Crippen molar-refractivity contribution in [1.29, 1.82) is 0 Å². The highest BCUT2D eigenvalue weighted by molar-refractivity contribution is 5.86. The second-order valence-corrected chi connectivity index (χ2v) is 14.4. The van der Waals surface area contributed by atoms with Crippen molar-refractivity contribution in [3.8, 4) is 0 Å². The lowest BCUT2D eigenvalue weighted by molar-refractivity contribution is -0.209. The van der Waals surface area contributed by atoms with Gasteiger partial charge in [0.15, 0.2) is 0 Å². The molecule has 0 aromatic rings. The third-order valence-electron chi connectivity index (χ3n) is 13.4. The van der Waals surface area contributed by atoms with Gasteiger partial charge in [-0.2, -0.15) is 0 Å². The van der Waals surface area contributed by atoms with Crippen molar-refractivity contribution in [2.75, 3.05) is 6.61 Å². The van der Waals surface area contributed by atoms with E-state index in [1.165, 1.54) is 5.57 Å². The fourth-order valence-corrected chi connectivity index (χ4v) is 10.7. The van der Waals surface area contributed by atoms with Gasteiger partial charge in [-0.15, -0.1) is 0 Å². The van der Waals surface area contributed by atoms with Crippen LogP contribution in [0.2, 0.25) is 0 Å². The summed E-state index contributed by atoms with van der Waals surface area (Å²) in [5, 5.41) is 32.8. The highest BCUT2D eigenvalue weighted by Gasteiger charge is 2.71. The Morgan fingerprint density at radius 3 is 2.31 bits per heavy atom. The van der Waals surface area contributed by atoms with Crippen molar-refractivity contribution in [3.63, 3.8) is 0 Å². The molecule has 35 heavy (non-hydrogen) atoms. The summed E-state index contributed by atoms with van der Waals surface area (Å²) >= 11 is 0. The minimum absolute atomic E-state index is 0.0412. The number of carbonyl (C=O) groups excluding carboxylic acids is 1. The topological polar surface area (TPSA) is 94.8 Å². The fourth-order valence-electron chi connectivity index (χ4n) is 10.7. The van der Waals surface area contributed by atoms with E-state index < -0.39 is 22.4 Å². The van der Waals surface area contributed by atoms with Crippen molar-refractivity contribution in [3.05, 3.63) is 11.6 Å². The number of hydrogen-bond donors (Lipinski definition) is 3. The third kappa shape index (κ3) is 2.83. The van der Waals surface area contributed by atoms with Crippen LogP contribution in [0.25, 0.3) is 0 Å². The van der Waals surface area contributed by atoms with Gasteiger partial charge in [0.05, 0.1) is 23.0 Å². The van der Waals surface area contributed by atoms with E-state index in [4.69, 9.17) is 0 Å². The maximum atomic E-state index is 13.0. The first kappa shape index (κ1) is 25.4. The molecular formula is C30H46O5. The number of hydrogen-bond acceptors (Lipinski definition) is 4. The van der Waals surface area contributed by atoms with Crippen molar-refractivity contribution >= 4 is 11.8 Å². The van der Waals surface area contributed by atoms with Gasteiger partial charge in [0.25, 0.3) is 0 Å². The van der Waals surface area contributed by atoms with Crippen LogP contribution in [0.3, 0.4) is 0 Å². The third-order valence-corrected chi connectivity index (χ3v) is 13.4. The fraction of sp³-hybridized carbons (Fsp3) is 0.867. The minimum atomic E-state index is -1.05. The van der Waals surface area contributed by atoms with Gasteiger partial charge >= 0.3 is 5.97 Å². The van der Waals surface area contributed by atoms with Crippen molar-refractivity contribution in [1.82, 2.24) is 0 Å². The highest BCUT2D eigenvalue weighted by atomic mass is 16.4. The molecule has 0 heterocycles. The SMILES string of the molecule is CC1CCC2(C(=O)O)CCC3(C)C(=CCC4C5(C)CCC(=O)C(C)(CO)C5CCC43C)C2C1(C)O. The van der Waals surface area contributed by atoms with Crippen LogP contribution in [-0.2, 0) is 9.59 Å². The minimum Gasteiger partial charge on any atom is -0.481 e. The predicted molar refractivity (Wildman–Crippen MR) is 134 cm³/mol. The molecule has 5 aliphatic rings. The standard InChI is InChI=1S/C30H46O5/c1-18-9-14-30(24(33)34)16-15-27(4)19(23(30)29(18,6)35)7-8-21-25(2)12-11-22(32)26(3,17-31)20(25)10-13-28(21,27)5/h7,18,20-21,23,31,35H,8-17H2,1-6H3,(H,33,34). The molecule has 5 aliphatic carbocycles. The lowest BCUT2D eigenvalue weighted by Gasteiger charge is -2.71. The van der Waals surface area contributed by atoms with Gasteiger partial charge in [0, 0.05) is 12.3 Å². The Bertz CT molecular complexity index is 983. The smallest absolute Gasteiger partial charge is 0.310 e. The van der Waals surface area contributed by atoms with Crippen LogP contribution in [0.4, 0.5) is 0 Å². The Morgan fingerprint density at radius 1 is 1.00 bits per heavy atom. The molecule has 0 radical (unpaired) electrons. The number of ketones is 1. The van der Waals surface area contributed by atoms with Crippen molar-refractivity contribution < 1.29 is 24.9 Å². The Kier molecular flexibility index (Phi) is 5.40. The van der Waals surface area contributed by atoms with E-state index in [0.717, 1.165) is 38.5 Å². The van der Waals surface area contributed by atoms with Gasteiger partial charge < -0.3 is 15.3 Å². The Balaban J connectivity index is 1.64. The van der Waals surface area contributed by atoms with E-state index in [1.54, 1.807) is 0 Å². The summed E-state index contributed by atoms with van der Waals surface area (Å²) in [4.78, 5) is 25.8. The summed E-state index contributed by atoms with van der Waals surface area (Å²) in [6.07, 6.45) is 9.29. The van der Waals surface area contributed by atoms with Gasteiger partial charge in [-0.1, -0.05) is 46.3 Å². The number of carbonyl (C=O) groups is 2. The first-order valence-electron chi connectivity index (χ1n) is 14.0. The van der Waals surface area contributed by atoms with Crippen molar-refractivity contribution in [2.24, 2.45) is 50.7 Å². The van der Waals surface area contributed by atoms with E-state index >= 15 is 0 Å². The molecule has 0 aliphatic heterocycles. The maximum absolute atomic E-state index is 13.0. The van der Waals surface area contributed by atoms with Gasteiger partial charge in [0.1, 0.15) is 5.78 Å². The van der Waals surface area contributed by atoms with Crippen LogP contribution in [-0.4, -0.2) is 39.3 Å². The van der Waals surface area contributed by atoms with Crippen LogP contribution in [0, 0.1) is 50.7 Å². The summed E-state index contributed by atoms with van der Waals surface area (Å²) < 4.78 is 0. The number of carboxylic acid groups (broad SMARTS) is 1. The van der Waals surface area contributed by atoms with Crippen LogP contribution >= 0.6 is 0 Å². The maximum Gasteiger partial charge on any atom is 0.310 e. The van der Waals surface area contributed by atoms with Crippen LogP contribution in [0.5, 0.6) is 0 Å². The number of allylic oxidation sites excluding steroid dienone is 1. The van der Waals surface area contributed by atoms with Crippen LogP contribution < -0.4 is 0 Å². The Hall–Kier alpha value is -1.20. The quantitative estimate of drug-likeness (QED) is 0.455. The number of aliphatic carboxylic acids is 1. The number of Topliss-reactive ketones (excluding diaryl/α,β-unsaturated/α-hetero) is 1. The van der Waals surface area contributed by atoms with E-state index in [9.17, 15) is 24.9 Å². The van der Waals surface area contributed by atoms with Gasteiger partial charge in [-0.25, -0.2) is 0 Å². The summed E-state index contributed by atoms with van der Waals surface area (Å²) in [7, 11) is 0. The zero-order valence-corrected chi connectivity index (χ0v) is 22.6. The first-order chi connectivity index (χ1) is 16.1. The lowest BCUT2D eigenvalue weighted by Crippen LogP contribution is -2.67. The summed E-state index contributed by atoms with van der Waals surface area (Å²) in [6, 6.07) is 0. The highest BCUT2D eigenvalue weighted by Crippen LogP contribution is 2.75. The van der Waals surface area contributed by atoms with E-state index in [-0.39, 0.29) is 46.4 Å². The Labute approximate surface area is 210 Å². The van der Waals surface area contributed by atoms with Crippen LogP contribution in [0.15, 0.2) is 11.6 Å². The molecular weight excluding hydrogens is 440 g/mol. The molecule has 10 atom stereocenters. The molecule has 4 fully saturated rings.